The van der Waals surface area contributed by atoms with E-state index in [1.807, 2.05) is 30.4 Å². The van der Waals surface area contributed by atoms with E-state index in [1.54, 1.807) is 0 Å². The number of carbonyl (C=O) groups is 2. The summed E-state index contributed by atoms with van der Waals surface area (Å²) >= 11 is 0. The maximum Gasteiger partial charge on any atom is 0.306 e. The fourth-order valence-corrected chi connectivity index (χ4v) is 5.54. The molecule has 0 radical (unpaired) electrons. The highest BCUT2D eigenvalue weighted by molar-refractivity contribution is 5.70. The van der Waals surface area contributed by atoms with Crippen molar-refractivity contribution in [1.29, 1.82) is 0 Å². The Labute approximate surface area is 313 Å². The minimum absolute atomic E-state index is 0.199. The van der Waals surface area contributed by atoms with Gasteiger partial charge in [0, 0.05) is 12.8 Å². The standard InChI is InChI=1S/C42H70O10/c1-3-5-7-9-11-13-15-17-18-19-21-23-25-27-29-31-38(45)51-35(34-50-42-41(48)40(47)39(46)36(32-43)52-42)33-49-37(44)30-28-26-24-22-20-16-14-12-10-8-6-4-2/h5,7,9,11-15,17-18,35-36,39-43,46-48H,3-4,6,8,10,16,19-34H2,1-2H3/b7-5+,11-9+,14-12+,15-13+,18-17+/t35-,36-,39+,40?,41?,42-/m1/s1. The molecule has 0 aromatic rings. The van der Waals surface area contributed by atoms with Gasteiger partial charge in [-0.1, -0.05) is 126 Å². The molecule has 0 saturated carbocycles. The normalized spacial score (nSPS) is 21.7. The lowest BCUT2D eigenvalue weighted by atomic mass is 9.99. The fourth-order valence-electron chi connectivity index (χ4n) is 5.54. The number of aliphatic hydroxyl groups excluding tert-OH is 4. The molecule has 1 fully saturated rings. The summed E-state index contributed by atoms with van der Waals surface area (Å²) < 4.78 is 22.0. The Morgan fingerprint density at radius 2 is 1.15 bits per heavy atom. The third-order valence-corrected chi connectivity index (χ3v) is 8.73. The van der Waals surface area contributed by atoms with Crippen molar-refractivity contribution in [2.45, 2.75) is 173 Å². The molecule has 10 heteroatoms. The van der Waals surface area contributed by atoms with Crippen LogP contribution in [0.5, 0.6) is 0 Å². The number of aliphatic hydroxyl groups is 4. The maximum absolute atomic E-state index is 12.7. The van der Waals surface area contributed by atoms with Crippen LogP contribution < -0.4 is 0 Å². The molecule has 10 nitrogen and oxygen atoms in total. The van der Waals surface area contributed by atoms with Crippen molar-refractivity contribution >= 4 is 11.9 Å². The zero-order valence-electron chi connectivity index (χ0n) is 32.0. The number of hydrogen-bond donors (Lipinski definition) is 4. The summed E-state index contributed by atoms with van der Waals surface area (Å²) in [6.45, 7) is 3.19. The van der Waals surface area contributed by atoms with E-state index >= 15 is 0 Å². The molecule has 0 bridgehead atoms. The molecular formula is C42H70O10. The van der Waals surface area contributed by atoms with Gasteiger partial charge in [-0.25, -0.2) is 0 Å². The second kappa shape index (κ2) is 33.0. The summed E-state index contributed by atoms with van der Waals surface area (Å²) in [5, 5.41) is 39.9. The first-order valence-electron chi connectivity index (χ1n) is 19.9. The van der Waals surface area contributed by atoms with E-state index in [9.17, 15) is 30.0 Å². The lowest BCUT2D eigenvalue weighted by Crippen LogP contribution is -2.59. The van der Waals surface area contributed by atoms with E-state index in [4.69, 9.17) is 18.9 Å². The Balaban J connectivity index is 2.42. The molecule has 1 rings (SSSR count). The van der Waals surface area contributed by atoms with Gasteiger partial charge in [0.1, 0.15) is 31.0 Å². The molecule has 0 aromatic carbocycles. The number of ether oxygens (including phenoxy) is 4. The van der Waals surface area contributed by atoms with Crippen LogP contribution in [-0.4, -0.2) is 89.0 Å². The predicted molar refractivity (Wildman–Crippen MR) is 205 cm³/mol. The third-order valence-electron chi connectivity index (χ3n) is 8.73. The van der Waals surface area contributed by atoms with Gasteiger partial charge < -0.3 is 39.4 Å². The Morgan fingerprint density at radius 3 is 1.77 bits per heavy atom. The number of rotatable bonds is 31. The minimum Gasteiger partial charge on any atom is -0.462 e. The first-order chi connectivity index (χ1) is 25.3. The predicted octanol–water partition coefficient (Wildman–Crippen LogP) is 7.49. The van der Waals surface area contributed by atoms with Crippen LogP contribution >= 0.6 is 0 Å². The molecule has 4 N–H and O–H groups in total. The second-order valence-electron chi connectivity index (χ2n) is 13.4. The van der Waals surface area contributed by atoms with Crippen LogP contribution in [0.4, 0.5) is 0 Å². The average Bonchev–Trinajstić information content (AvgIpc) is 3.14. The molecular weight excluding hydrogens is 664 g/mol. The van der Waals surface area contributed by atoms with Gasteiger partial charge in [0.2, 0.25) is 0 Å². The van der Waals surface area contributed by atoms with Crippen LogP contribution in [0.1, 0.15) is 136 Å². The molecule has 1 saturated heterocycles. The second-order valence-corrected chi connectivity index (χ2v) is 13.4. The van der Waals surface area contributed by atoms with Crippen molar-refractivity contribution in [1.82, 2.24) is 0 Å². The molecule has 52 heavy (non-hydrogen) atoms. The smallest absolute Gasteiger partial charge is 0.306 e. The molecule has 0 aromatic heterocycles. The highest BCUT2D eigenvalue weighted by atomic mass is 16.7. The summed E-state index contributed by atoms with van der Waals surface area (Å²) in [4.78, 5) is 25.2. The maximum atomic E-state index is 12.7. The van der Waals surface area contributed by atoms with Gasteiger partial charge >= 0.3 is 11.9 Å². The quantitative estimate of drug-likeness (QED) is 0.0244. The van der Waals surface area contributed by atoms with Gasteiger partial charge in [-0.15, -0.1) is 0 Å². The largest absolute Gasteiger partial charge is 0.462 e. The summed E-state index contributed by atoms with van der Waals surface area (Å²) in [7, 11) is 0. The van der Waals surface area contributed by atoms with Crippen molar-refractivity contribution in [3.05, 3.63) is 60.8 Å². The molecule has 1 aliphatic rings. The molecule has 0 aliphatic carbocycles. The number of unbranched alkanes of at least 4 members (excludes halogenated alkanes) is 13. The Hall–Kier alpha value is -2.60. The summed E-state index contributed by atoms with van der Waals surface area (Å²) in [5.41, 5.74) is 0. The molecule has 6 atom stereocenters. The van der Waals surface area contributed by atoms with E-state index in [1.165, 1.54) is 19.3 Å². The minimum atomic E-state index is -1.60. The summed E-state index contributed by atoms with van der Waals surface area (Å²) in [5.74, 6) is -0.852. The van der Waals surface area contributed by atoms with Crippen LogP contribution in [0.25, 0.3) is 0 Å². The molecule has 0 amide bonds. The van der Waals surface area contributed by atoms with E-state index in [0.717, 1.165) is 77.0 Å². The number of esters is 2. The molecule has 1 aliphatic heterocycles. The van der Waals surface area contributed by atoms with Crippen LogP contribution in [0, 0.1) is 0 Å². The topological polar surface area (TPSA) is 152 Å². The third kappa shape index (κ3) is 24.6. The van der Waals surface area contributed by atoms with Gasteiger partial charge in [0.05, 0.1) is 13.2 Å². The van der Waals surface area contributed by atoms with Crippen molar-refractivity contribution in [3.8, 4) is 0 Å². The van der Waals surface area contributed by atoms with Crippen LogP contribution in [0.3, 0.4) is 0 Å². The van der Waals surface area contributed by atoms with Crippen molar-refractivity contribution in [2.24, 2.45) is 0 Å². The zero-order valence-corrected chi connectivity index (χ0v) is 32.0. The fraction of sp³-hybridized carbons (Fsp3) is 0.714. The van der Waals surface area contributed by atoms with E-state index in [0.29, 0.717) is 12.8 Å². The van der Waals surface area contributed by atoms with Crippen LogP contribution in [-0.2, 0) is 28.5 Å². The van der Waals surface area contributed by atoms with Crippen molar-refractivity contribution in [3.63, 3.8) is 0 Å². The lowest BCUT2D eigenvalue weighted by molar-refractivity contribution is -0.305. The van der Waals surface area contributed by atoms with Gasteiger partial charge in [0.25, 0.3) is 0 Å². The Bertz CT molecular complexity index is 1030. The molecule has 2 unspecified atom stereocenters. The van der Waals surface area contributed by atoms with Gasteiger partial charge in [0.15, 0.2) is 12.4 Å². The molecule has 1 heterocycles. The van der Waals surface area contributed by atoms with E-state index < -0.39 is 55.4 Å². The number of hydrogen-bond acceptors (Lipinski definition) is 10. The summed E-state index contributed by atoms with van der Waals surface area (Å²) in [6.07, 6.45) is 30.8. The van der Waals surface area contributed by atoms with Gasteiger partial charge in [-0.2, -0.15) is 0 Å². The van der Waals surface area contributed by atoms with Crippen LogP contribution in [0.15, 0.2) is 60.8 Å². The molecule has 298 valence electrons. The van der Waals surface area contributed by atoms with Gasteiger partial charge in [-0.05, 0) is 57.8 Å². The Morgan fingerprint density at radius 1 is 0.615 bits per heavy atom. The highest BCUT2D eigenvalue weighted by Crippen LogP contribution is 2.22. The average molecular weight is 735 g/mol. The summed E-state index contributed by atoms with van der Waals surface area (Å²) in [6, 6.07) is 0. The number of carbonyl (C=O) groups excluding carboxylic acids is 2. The van der Waals surface area contributed by atoms with Crippen molar-refractivity contribution in [2.75, 3.05) is 19.8 Å². The zero-order chi connectivity index (χ0) is 38.1. The molecule has 0 spiro atoms. The monoisotopic (exact) mass is 734 g/mol. The SMILES string of the molecule is CC/C=C/C=C/C=C/C=C/CCCCCCCC(=O)O[C@H](COC(=O)CCCCCCC/C=C/CCCCC)CO[C@@H]1O[C@H](CO)[C@H](O)C(O)C1O. The first kappa shape index (κ1) is 47.4. The number of allylic oxidation sites excluding steroid dienone is 10. The van der Waals surface area contributed by atoms with E-state index in [2.05, 4.69) is 44.2 Å². The highest BCUT2D eigenvalue weighted by Gasteiger charge is 2.44. The first-order valence-corrected chi connectivity index (χ1v) is 19.9. The van der Waals surface area contributed by atoms with E-state index in [-0.39, 0.29) is 26.1 Å². The van der Waals surface area contributed by atoms with Crippen LogP contribution in [0.2, 0.25) is 0 Å². The van der Waals surface area contributed by atoms with Gasteiger partial charge in [-0.3, -0.25) is 9.59 Å². The van der Waals surface area contributed by atoms with Crippen molar-refractivity contribution < 1.29 is 49.0 Å². The lowest BCUT2D eigenvalue weighted by Gasteiger charge is -2.39. The Kier molecular flexibility index (Phi) is 30.1.